The van der Waals surface area contributed by atoms with Gasteiger partial charge in [0.1, 0.15) is 0 Å². The van der Waals surface area contributed by atoms with Crippen molar-refractivity contribution < 1.29 is 21.6 Å². The molecule has 0 aromatic rings. The fourth-order valence-electron chi connectivity index (χ4n) is 1.17. The molecule has 0 aromatic heterocycles. The molecule has 1 heterocycles. The van der Waals surface area contributed by atoms with E-state index in [4.69, 9.17) is 0 Å². The maximum atomic E-state index is 12.8. The van der Waals surface area contributed by atoms with Crippen LogP contribution in [0.4, 0.5) is 13.2 Å². The van der Waals surface area contributed by atoms with Crippen molar-refractivity contribution in [2.45, 2.75) is 18.5 Å². The van der Waals surface area contributed by atoms with E-state index in [1.54, 1.807) is 0 Å². The van der Waals surface area contributed by atoms with Crippen LogP contribution in [-0.2, 0) is 10.0 Å². The van der Waals surface area contributed by atoms with Crippen LogP contribution < -0.4 is 0 Å². The highest BCUT2D eigenvalue weighted by Crippen LogP contribution is 2.31. The van der Waals surface area contributed by atoms with E-state index in [1.165, 1.54) is 0 Å². The van der Waals surface area contributed by atoms with Gasteiger partial charge in [0.25, 0.3) is 5.92 Å². The van der Waals surface area contributed by atoms with Gasteiger partial charge in [-0.1, -0.05) is 6.58 Å². The highest BCUT2D eigenvalue weighted by atomic mass is 32.2. The second-order valence-electron chi connectivity index (χ2n) is 3.05. The molecule has 0 aromatic carbocycles. The minimum Gasteiger partial charge on any atom is -0.239 e. The van der Waals surface area contributed by atoms with Gasteiger partial charge in [-0.05, 0) is 0 Å². The first-order valence-electron chi connectivity index (χ1n) is 3.94. The van der Waals surface area contributed by atoms with E-state index in [0.717, 1.165) is 0 Å². The normalized spacial score (nSPS) is 28.6. The SMILES string of the molecule is C=CS(=O)(=O)N1CCC(F)(F)C(F)C1. The summed E-state index contributed by atoms with van der Waals surface area (Å²) >= 11 is 0. The first-order valence-corrected chi connectivity index (χ1v) is 5.44. The summed E-state index contributed by atoms with van der Waals surface area (Å²) in [6.45, 7) is 1.85. The van der Waals surface area contributed by atoms with Gasteiger partial charge in [0.2, 0.25) is 10.0 Å². The van der Waals surface area contributed by atoms with Gasteiger partial charge in [-0.15, -0.1) is 0 Å². The first kappa shape index (κ1) is 11.5. The molecule has 0 radical (unpaired) electrons. The van der Waals surface area contributed by atoms with Gasteiger partial charge < -0.3 is 0 Å². The number of rotatable bonds is 2. The highest BCUT2D eigenvalue weighted by molar-refractivity contribution is 7.92. The Labute approximate surface area is 80.3 Å². The lowest BCUT2D eigenvalue weighted by Gasteiger charge is -2.32. The van der Waals surface area contributed by atoms with Crippen LogP contribution in [0.3, 0.4) is 0 Å². The van der Waals surface area contributed by atoms with Crippen molar-refractivity contribution in [3.8, 4) is 0 Å². The van der Waals surface area contributed by atoms with E-state index in [1.807, 2.05) is 0 Å². The second kappa shape index (κ2) is 3.54. The van der Waals surface area contributed by atoms with Gasteiger partial charge in [0.05, 0.1) is 6.54 Å². The van der Waals surface area contributed by atoms with E-state index in [2.05, 4.69) is 6.58 Å². The lowest BCUT2D eigenvalue weighted by molar-refractivity contribution is -0.103. The molecule has 1 aliphatic heterocycles. The largest absolute Gasteiger partial charge is 0.281 e. The summed E-state index contributed by atoms with van der Waals surface area (Å²) in [5, 5.41) is 0.628. The Morgan fingerprint density at radius 2 is 2.07 bits per heavy atom. The molecular weight excluding hydrogens is 219 g/mol. The van der Waals surface area contributed by atoms with Crippen LogP contribution in [0, 0.1) is 0 Å². The quantitative estimate of drug-likeness (QED) is 0.712. The van der Waals surface area contributed by atoms with Crippen molar-refractivity contribution in [3.05, 3.63) is 12.0 Å². The number of sulfonamides is 1. The fraction of sp³-hybridized carbons (Fsp3) is 0.714. The summed E-state index contributed by atoms with van der Waals surface area (Å²) in [5.74, 6) is -3.42. The summed E-state index contributed by atoms with van der Waals surface area (Å²) in [4.78, 5) is 0. The van der Waals surface area contributed by atoms with Crippen LogP contribution in [0.15, 0.2) is 12.0 Å². The predicted molar refractivity (Wildman–Crippen MR) is 45.1 cm³/mol. The molecule has 3 nitrogen and oxygen atoms in total. The van der Waals surface area contributed by atoms with Crippen LogP contribution in [-0.4, -0.2) is 37.9 Å². The fourth-order valence-corrected chi connectivity index (χ4v) is 2.07. The lowest BCUT2D eigenvalue weighted by atomic mass is 10.1. The van der Waals surface area contributed by atoms with Crippen molar-refractivity contribution >= 4 is 10.0 Å². The third-order valence-corrected chi connectivity index (χ3v) is 3.56. The first-order chi connectivity index (χ1) is 6.29. The summed E-state index contributed by atoms with van der Waals surface area (Å²) in [5.41, 5.74) is 0. The average molecular weight is 229 g/mol. The van der Waals surface area contributed by atoms with Gasteiger partial charge in [-0.3, -0.25) is 0 Å². The summed E-state index contributed by atoms with van der Waals surface area (Å²) in [7, 11) is -3.78. The molecule has 1 fully saturated rings. The highest BCUT2D eigenvalue weighted by Gasteiger charge is 2.46. The Hall–Kier alpha value is -0.560. The molecule has 1 atom stereocenters. The van der Waals surface area contributed by atoms with Crippen LogP contribution in [0.5, 0.6) is 0 Å². The molecule has 0 bridgehead atoms. The van der Waals surface area contributed by atoms with Crippen LogP contribution >= 0.6 is 0 Å². The topological polar surface area (TPSA) is 37.4 Å². The number of halogens is 3. The lowest BCUT2D eigenvalue weighted by Crippen LogP contribution is -2.50. The molecule has 0 aliphatic carbocycles. The molecule has 0 amide bonds. The molecule has 1 rings (SSSR count). The Balaban J connectivity index is 2.78. The molecule has 1 saturated heterocycles. The van der Waals surface area contributed by atoms with Crippen LogP contribution in [0.25, 0.3) is 0 Å². The van der Waals surface area contributed by atoms with Crippen molar-refractivity contribution in [2.24, 2.45) is 0 Å². The standard InChI is InChI=1S/C7H10F3NO2S/c1-2-14(12,13)11-4-3-7(9,10)6(8)5-11/h2,6H,1,3-5H2. The summed E-state index contributed by atoms with van der Waals surface area (Å²) in [6.07, 6.45) is -3.23. The Kier molecular flexibility index (Phi) is 2.91. The maximum Gasteiger partial charge on any atom is 0.281 e. The number of nitrogens with zero attached hydrogens (tertiary/aromatic N) is 1. The molecule has 0 saturated carbocycles. The minimum atomic E-state index is -3.78. The molecule has 0 N–H and O–H groups in total. The van der Waals surface area contributed by atoms with Gasteiger partial charge in [-0.25, -0.2) is 21.6 Å². The smallest absolute Gasteiger partial charge is 0.239 e. The summed E-state index contributed by atoms with van der Waals surface area (Å²) < 4.78 is 61.0. The van der Waals surface area contributed by atoms with Crippen molar-refractivity contribution in [2.75, 3.05) is 13.1 Å². The van der Waals surface area contributed by atoms with Crippen molar-refractivity contribution in [1.29, 1.82) is 0 Å². The van der Waals surface area contributed by atoms with Crippen molar-refractivity contribution in [3.63, 3.8) is 0 Å². The number of alkyl halides is 3. The molecular formula is C7H10F3NO2S. The van der Waals surface area contributed by atoms with Crippen LogP contribution in [0.2, 0.25) is 0 Å². The number of hydrogen-bond donors (Lipinski definition) is 0. The Morgan fingerprint density at radius 1 is 1.50 bits per heavy atom. The number of piperidine rings is 1. The molecule has 82 valence electrons. The molecule has 1 unspecified atom stereocenters. The molecule has 14 heavy (non-hydrogen) atoms. The Bertz CT molecular complexity index is 328. The van der Waals surface area contributed by atoms with Gasteiger partial charge in [-0.2, -0.15) is 4.31 Å². The minimum absolute atomic E-state index is 0.373. The van der Waals surface area contributed by atoms with E-state index in [9.17, 15) is 21.6 Å². The Morgan fingerprint density at radius 3 is 2.50 bits per heavy atom. The van der Waals surface area contributed by atoms with Crippen molar-refractivity contribution in [1.82, 2.24) is 4.31 Å². The van der Waals surface area contributed by atoms with Gasteiger partial charge >= 0.3 is 0 Å². The average Bonchev–Trinajstić information content (AvgIpc) is 2.09. The monoisotopic (exact) mass is 229 g/mol. The van der Waals surface area contributed by atoms with Gasteiger partial charge in [0, 0.05) is 18.4 Å². The number of hydrogen-bond acceptors (Lipinski definition) is 2. The zero-order valence-electron chi connectivity index (χ0n) is 7.29. The predicted octanol–water partition coefficient (Wildman–Crippen LogP) is 1.14. The zero-order valence-corrected chi connectivity index (χ0v) is 8.11. The van der Waals surface area contributed by atoms with E-state index >= 15 is 0 Å². The van der Waals surface area contributed by atoms with E-state index in [0.29, 0.717) is 9.71 Å². The molecule has 0 spiro atoms. The van der Waals surface area contributed by atoms with E-state index < -0.39 is 35.1 Å². The molecule has 7 heteroatoms. The third kappa shape index (κ3) is 2.09. The molecule has 1 aliphatic rings. The zero-order chi connectivity index (χ0) is 11.0. The maximum absolute atomic E-state index is 12.8. The van der Waals surface area contributed by atoms with Gasteiger partial charge in [0.15, 0.2) is 6.17 Å². The second-order valence-corrected chi connectivity index (χ2v) is 4.93. The van der Waals surface area contributed by atoms with E-state index in [-0.39, 0.29) is 6.54 Å². The van der Waals surface area contributed by atoms with Crippen LogP contribution in [0.1, 0.15) is 6.42 Å². The summed E-state index contributed by atoms with van der Waals surface area (Å²) in [6, 6.07) is 0. The third-order valence-electron chi connectivity index (χ3n) is 2.09.